The van der Waals surface area contributed by atoms with Gasteiger partial charge in [0, 0.05) is 64.0 Å². The van der Waals surface area contributed by atoms with Crippen LogP contribution >= 0.6 is 0 Å². The monoisotopic (exact) mass is 430 g/mol. The van der Waals surface area contributed by atoms with Crippen molar-refractivity contribution < 1.29 is 28.6 Å². The van der Waals surface area contributed by atoms with Crippen molar-refractivity contribution in [2.24, 2.45) is 5.92 Å². The molecule has 3 aliphatic rings. The van der Waals surface area contributed by atoms with Crippen molar-refractivity contribution in [3.8, 4) is 17.2 Å². The number of benzene rings is 1. The number of methoxy groups -OCH3 is 2. The van der Waals surface area contributed by atoms with Gasteiger partial charge in [0.2, 0.25) is 11.8 Å². The normalized spacial score (nSPS) is 20.8. The minimum Gasteiger partial charge on any atom is -0.496 e. The van der Waals surface area contributed by atoms with E-state index in [9.17, 15) is 14.4 Å². The van der Waals surface area contributed by atoms with Crippen LogP contribution in [0, 0.1) is 5.92 Å². The third kappa shape index (κ3) is 4.07. The fourth-order valence-electron chi connectivity index (χ4n) is 4.96. The second kappa shape index (κ2) is 8.40. The molecular weight excluding hydrogens is 400 g/mol. The van der Waals surface area contributed by atoms with Crippen LogP contribution in [0.5, 0.6) is 17.2 Å². The SMILES string of the molecule is COc1cc(OC)c2c(c1)OC1(CCN(C(=O)C3CCN(C(C)=O)CC3)CC1)CC2=O. The van der Waals surface area contributed by atoms with E-state index in [0.29, 0.717) is 74.7 Å². The summed E-state index contributed by atoms with van der Waals surface area (Å²) in [6.45, 7) is 3.98. The first kappa shape index (κ1) is 21.5. The Morgan fingerprint density at radius 1 is 1.03 bits per heavy atom. The lowest BCUT2D eigenvalue weighted by atomic mass is 9.81. The van der Waals surface area contributed by atoms with E-state index in [4.69, 9.17) is 14.2 Å². The topological polar surface area (TPSA) is 85.4 Å². The second-order valence-corrected chi connectivity index (χ2v) is 8.69. The minimum absolute atomic E-state index is 0.00265. The van der Waals surface area contributed by atoms with E-state index in [1.807, 2.05) is 4.90 Å². The number of hydrogen-bond acceptors (Lipinski definition) is 6. The Morgan fingerprint density at radius 2 is 1.71 bits per heavy atom. The maximum Gasteiger partial charge on any atom is 0.225 e. The highest BCUT2D eigenvalue weighted by atomic mass is 16.5. The van der Waals surface area contributed by atoms with Gasteiger partial charge in [-0.3, -0.25) is 14.4 Å². The lowest BCUT2D eigenvalue weighted by molar-refractivity contribution is -0.143. The maximum atomic E-state index is 13.0. The van der Waals surface area contributed by atoms with Gasteiger partial charge in [-0.15, -0.1) is 0 Å². The molecule has 0 bridgehead atoms. The molecule has 0 aromatic heterocycles. The van der Waals surface area contributed by atoms with Crippen LogP contribution in [0.25, 0.3) is 0 Å². The molecule has 0 atom stereocenters. The van der Waals surface area contributed by atoms with Crippen molar-refractivity contribution in [2.45, 2.75) is 44.6 Å². The van der Waals surface area contributed by atoms with Gasteiger partial charge in [0.15, 0.2) is 5.78 Å². The number of Topliss-reactive ketones (excluding diaryl/α,β-unsaturated/α-hetero) is 1. The molecule has 1 spiro atoms. The fourth-order valence-corrected chi connectivity index (χ4v) is 4.96. The van der Waals surface area contributed by atoms with E-state index < -0.39 is 5.60 Å². The second-order valence-electron chi connectivity index (χ2n) is 8.69. The summed E-state index contributed by atoms with van der Waals surface area (Å²) in [5.41, 5.74) is -0.138. The van der Waals surface area contributed by atoms with Crippen LogP contribution in [-0.4, -0.2) is 73.4 Å². The largest absolute Gasteiger partial charge is 0.496 e. The number of ether oxygens (including phenoxy) is 3. The van der Waals surface area contributed by atoms with E-state index in [1.54, 1.807) is 31.1 Å². The minimum atomic E-state index is -0.601. The molecule has 0 saturated carbocycles. The molecule has 1 aromatic rings. The van der Waals surface area contributed by atoms with Gasteiger partial charge >= 0.3 is 0 Å². The molecule has 2 fully saturated rings. The number of hydrogen-bond donors (Lipinski definition) is 0. The number of carbonyl (C=O) groups excluding carboxylic acids is 3. The Morgan fingerprint density at radius 3 is 2.29 bits per heavy atom. The van der Waals surface area contributed by atoms with Crippen molar-refractivity contribution in [3.63, 3.8) is 0 Å². The molecule has 2 amide bonds. The van der Waals surface area contributed by atoms with Crippen LogP contribution in [-0.2, 0) is 9.59 Å². The smallest absolute Gasteiger partial charge is 0.225 e. The Labute approximate surface area is 182 Å². The van der Waals surface area contributed by atoms with Gasteiger partial charge in [0.05, 0.1) is 20.6 Å². The van der Waals surface area contributed by atoms with Gasteiger partial charge in [0.25, 0.3) is 0 Å². The van der Waals surface area contributed by atoms with E-state index in [1.165, 1.54) is 7.11 Å². The van der Waals surface area contributed by atoms with Crippen molar-refractivity contribution in [1.82, 2.24) is 9.80 Å². The quantitative estimate of drug-likeness (QED) is 0.732. The molecule has 1 aromatic carbocycles. The Balaban J connectivity index is 1.42. The first-order chi connectivity index (χ1) is 14.9. The van der Waals surface area contributed by atoms with Gasteiger partial charge in [0.1, 0.15) is 28.4 Å². The first-order valence-electron chi connectivity index (χ1n) is 10.9. The molecule has 0 unspecified atom stereocenters. The summed E-state index contributed by atoms with van der Waals surface area (Å²) in [6, 6.07) is 3.42. The third-order valence-corrected chi connectivity index (χ3v) is 6.86. The average molecular weight is 431 g/mol. The lowest BCUT2D eigenvalue weighted by Gasteiger charge is -2.45. The van der Waals surface area contributed by atoms with Gasteiger partial charge in [-0.2, -0.15) is 0 Å². The Hall–Kier alpha value is -2.77. The zero-order valence-electron chi connectivity index (χ0n) is 18.4. The third-order valence-electron chi connectivity index (χ3n) is 6.86. The number of ketones is 1. The number of piperidine rings is 2. The van der Waals surface area contributed by atoms with Crippen molar-refractivity contribution in [2.75, 3.05) is 40.4 Å². The van der Waals surface area contributed by atoms with Gasteiger partial charge < -0.3 is 24.0 Å². The summed E-state index contributed by atoms with van der Waals surface area (Å²) in [5.74, 6) is 1.71. The maximum absolute atomic E-state index is 13.0. The van der Waals surface area contributed by atoms with Crippen LogP contribution < -0.4 is 14.2 Å². The van der Waals surface area contributed by atoms with Crippen LogP contribution in [0.15, 0.2) is 12.1 Å². The highest BCUT2D eigenvalue weighted by molar-refractivity contribution is 6.03. The summed E-state index contributed by atoms with van der Waals surface area (Å²) in [6.07, 6.45) is 2.91. The molecule has 3 aliphatic heterocycles. The number of carbonyl (C=O) groups is 3. The predicted octanol–water partition coefficient (Wildman–Crippen LogP) is 2.29. The molecule has 8 nitrogen and oxygen atoms in total. The Bertz CT molecular complexity index is 882. The highest BCUT2D eigenvalue weighted by Gasteiger charge is 2.45. The summed E-state index contributed by atoms with van der Waals surface area (Å²) in [4.78, 5) is 41.2. The van der Waals surface area contributed by atoms with Crippen LogP contribution in [0.4, 0.5) is 0 Å². The predicted molar refractivity (Wildman–Crippen MR) is 113 cm³/mol. The summed E-state index contributed by atoms with van der Waals surface area (Å²) in [7, 11) is 3.09. The van der Waals surface area contributed by atoms with Gasteiger partial charge in [-0.1, -0.05) is 0 Å². The molecule has 4 rings (SSSR count). The molecule has 3 heterocycles. The van der Waals surface area contributed by atoms with Crippen molar-refractivity contribution in [3.05, 3.63) is 17.7 Å². The first-order valence-corrected chi connectivity index (χ1v) is 10.9. The average Bonchev–Trinajstić information content (AvgIpc) is 2.78. The number of likely N-dealkylation sites (tertiary alicyclic amines) is 2. The van der Waals surface area contributed by atoms with E-state index in [2.05, 4.69) is 0 Å². The Kier molecular flexibility index (Phi) is 5.81. The van der Waals surface area contributed by atoms with Crippen molar-refractivity contribution >= 4 is 17.6 Å². The lowest BCUT2D eigenvalue weighted by Crippen LogP contribution is -2.54. The number of fused-ring (bicyclic) bond motifs is 1. The molecule has 0 aliphatic carbocycles. The molecule has 31 heavy (non-hydrogen) atoms. The van der Waals surface area contributed by atoms with E-state index in [-0.39, 0.29) is 29.9 Å². The zero-order valence-corrected chi connectivity index (χ0v) is 18.4. The highest BCUT2D eigenvalue weighted by Crippen LogP contribution is 2.45. The molecule has 0 N–H and O–H groups in total. The standard InChI is InChI=1S/C23H30N2O6/c1-15(26)24-8-4-16(5-9-24)22(28)25-10-6-23(7-11-25)14-18(27)21-19(30-3)12-17(29-2)13-20(21)31-23/h12-13,16H,4-11,14H2,1-3H3. The van der Waals surface area contributed by atoms with E-state index in [0.717, 1.165) is 0 Å². The molecule has 168 valence electrons. The van der Waals surface area contributed by atoms with Crippen LogP contribution in [0.2, 0.25) is 0 Å². The van der Waals surface area contributed by atoms with Crippen LogP contribution in [0.1, 0.15) is 49.4 Å². The fraction of sp³-hybridized carbons (Fsp3) is 0.609. The van der Waals surface area contributed by atoms with Crippen LogP contribution in [0.3, 0.4) is 0 Å². The summed E-state index contributed by atoms with van der Waals surface area (Å²) >= 11 is 0. The molecule has 0 radical (unpaired) electrons. The molecular formula is C23H30N2O6. The van der Waals surface area contributed by atoms with Gasteiger partial charge in [-0.05, 0) is 12.8 Å². The number of amides is 2. The van der Waals surface area contributed by atoms with Crippen molar-refractivity contribution in [1.29, 1.82) is 0 Å². The van der Waals surface area contributed by atoms with Gasteiger partial charge in [-0.25, -0.2) is 0 Å². The molecule has 2 saturated heterocycles. The summed E-state index contributed by atoms with van der Waals surface area (Å²) in [5, 5.41) is 0. The zero-order chi connectivity index (χ0) is 22.2. The summed E-state index contributed by atoms with van der Waals surface area (Å²) < 4.78 is 17.1. The number of nitrogens with zero attached hydrogens (tertiary/aromatic N) is 2. The number of rotatable bonds is 3. The van der Waals surface area contributed by atoms with E-state index >= 15 is 0 Å². The molecule has 8 heteroatoms.